The van der Waals surface area contributed by atoms with Crippen molar-refractivity contribution in [1.29, 1.82) is 5.26 Å². The van der Waals surface area contributed by atoms with E-state index in [-0.39, 0.29) is 17.3 Å². The average Bonchev–Trinajstić information content (AvgIpc) is 2.34. The highest BCUT2D eigenvalue weighted by molar-refractivity contribution is 6.04. The van der Waals surface area contributed by atoms with Gasteiger partial charge in [0, 0.05) is 18.2 Å². The number of nitrogens with zero attached hydrogens (tertiary/aromatic N) is 2. The monoisotopic (exact) mass is 242 g/mol. The number of nitriles is 1. The molecule has 0 unspecified atom stereocenters. The Bertz CT molecular complexity index is 508. The van der Waals surface area contributed by atoms with Crippen molar-refractivity contribution in [1.82, 2.24) is 4.98 Å². The van der Waals surface area contributed by atoms with Gasteiger partial charge in [0.2, 0.25) is 5.88 Å². The van der Waals surface area contributed by atoms with Gasteiger partial charge in [-0.2, -0.15) is 5.26 Å². The van der Waals surface area contributed by atoms with E-state index in [1.54, 1.807) is 31.5 Å². The predicted octanol–water partition coefficient (Wildman–Crippen LogP) is 2.37. The minimum absolute atomic E-state index is 0.0421. The molecule has 0 radical (unpaired) electrons. The topological polar surface area (TPSA) is 63.0 Å². The van der Waals surface area contributed by atoms with Crippen LogP contribution in [-0.4, -0.2) is 17.9 Å². The summed E-state index contributed by atoms with van der Waals surface area (Å²) in [5, 5.41) is 9.04. The molecule has 0 aliphatic heterocycles. The van der Waals surface area contributed by atoms with Crippen LogP contribution in [0.25, 0.3) is 6.08 Å². The first-order valence-electron chi connectivity index (χ1n) is 5.90. The number of ketones is 1. The molecule has 1 heterocycles. The number of allylic oxidation sites excluding steroid dienone is 1. The molecule has 0 spiro atoms. The molecule has 0 bridgehead atoms. The molecule has 0 aromatic carbocycles. The predicted molar refractivity (Wildman–Crippen MR) is 66.7 cm³/mol. The lowest BCUT2D eigenvalue weighted by Gasteiger charge is -2.23. The molecular formula is C14H14N2O2. The highest BCUT2D eigenvalue weighted by Gasteiger charge is 2.27. The number of hydrogen-bond acceptors (Lipinski definition) is 4. The number of rotatable bonds is 4. The molecule has 2 rings (SSSR count). The van der Waals surface area contributed by atoms with Gasteiger partial charge in [0.25, 0.3) is 0 Å². The largest absolute Gasteiger partial charge is 0.481 e. The summed E-state index contributed by atoms with van der Waals surface area (Å²) in [6, 6.07) is 5.46. The van der Waals surface area contributed by atoms with Crippen LogP contribution in [0.5, 0.6) is 5.88 Å². The fourth-order valence-electron chi connectivity index (χ4n) is 1.81. The van der Waals surface area contributed by atoms with Gasteiger partial charge < -0.3 is 4.74 Å². The second-order valence-electron chi connectivity index (χ2n) is 4.30. The van der Waals surface area contributed by atoms with Gasteiger partial charge in [0.15, 0.2) is 5.78 Å². The third kappa shape index (κ3) is 2.57. The quantitative estimate of drug-likeness (QED) is 0.600. The van der Waals surface area contributed by atoms with Crippen LogP contribution in [0.15, 0.2) is 23.9 Å². The standard InChI is InChI=1S/C14H14N2O2/c1-18-13-6-5-10(9-16-13)7-12(8-15)14(17)11-3-2-4-11/h5-7,9,11H,2-4H2,1H3/b12-7+. The van der Waals surface area contributed by atoms with E-state index < -0.39 is 0 Å². The van der Waals surface area contributed by atoms with E-state index in [1.807, 2.05) is 6.07 Å². The minimum atomic E-state index is -0.0421. The van der Waals surface area contributed by atoms with Crippen LogP contribution in [0.3, 0.4) is 0 Å². The summed E-state index contributed by atoms with van der Waals surface area (Å²) in [6.07, 6.45) is 6.06. The molecule has 0 saturated heterocycles. The van der Waals surface area contributed by atoms with Crippen molar-refractivity contribution in [3.05, 3.63) is 29.5 Å². The highest BCUT2D eigenvalue weighted by atomic mass is 16.5. The summed E-state index contributed by atoms with van der Waals surface area (Å²) < 4.78 is 4.95. The van der Waals surface area contributed by atoms with E-state index in [0.717, 1.165) is 24.8 Å². The average molecular weight is 242 g/mol. The fourth-order valence-corrected chi connectivity index (χ4v) is 1.81. The zero-order chi connectivity index (χ0) is 13.0. The Balaban J connectivity index is 2.17. The number of aromatic nitrogens is 1. The van der Waals surface area contributed by atoms with Gasteiger partial charge in [0.05, 0.1) is 12.7 Å². The van der Waals surface area contributed by atoms with Crippen molar-refractivity contribution in [2.75, 3.05) is 7.11 Å². The van der Waals surface area contributed by atoms with Crippen LogP contribution >= 0.6 is 0 Å². The Hall–Kier alpha value is -2.15. The molecule has 1 aliphatic carbocycles. The summed E-state index contributed by atoms with van der Waals surface area (Å²) in [5.74, 6) is 0.512. The van der Waals surface area contributed by atoms with Crippen LogP contribution in [0.4, 0.5) is 0 Å². The lowest BCUT2D eigenvalue weighted by Crippen LogP contribution is -2.22. The Morgan fingerprint density at radius 1 is 1.56 bits per heavy atom. The van der Waals surface area contributed by atoms with Gasteiger partial charge in [-0.15, -0.1) is 0 Å². The molecular weight excluding hydrogens is 228 g/mol. The Morgan fingerprint density at radius 3 is 2.78 bits per heavy atom. The van der Waals surface area contributed by atoms with Crippen molar-refractivity contribution < 1.29 is 9.53 Å². The van der Waals surface area contributed by atoms with Crippen LogP contribution in [0.2, 0.25) is 0 Å². The van der Waals surface area contributed by atoms with E-state index in [9.17, 15) is 4.79 Å². The molecule has 18 heavy (non-hydrogen) atoms. The fraction of sp³-hybridized carbons (Fsp3) is 0.357. The molecule has 0 N–H and O–H groups in total. The number of hydrogen-bond donors (Lipinski definition) is 0. The lowest BCUT2D eigenvalue weighted by molar-refractivity contribution is -0.120. The van der Waals surface area contributed by atoms with Crippen molar-refractivity contribution in [3.8, 4) is 11.9 Å². The molecule has 4 nitrogen and oxygen atoms in total. The smallest absolute Gasteiger partial charge is 0.212 e. The number of carbonyl (C=O) groups excluding carboxylic acids is 1. The van der Waals surface area contributed by atoms with E-state index in [2.05, 4.69) is 4.98 Å². The summed E-state index contributed by atoms with van der Waals surface area (Å²) in [6.45, 7) is 0. The SMILES string of the molecule is COc1ccc(/C=C(\C#N)C(=O)C2CCC2)cn1. The number of carbonyl (C=O) groups is 1. The van der Waals surface area contributed by atoms with Gasteiger partial charge in [-0.1, -0.05) is 6.42 Å². The van der Waals surface area contributed by atoms with Crippen molar-refractivity contribution in [2.24, 2.45) is 5.92 Å². The summed E-state index contributed by atoms with van der Waals surface area (Å²) in [7, 11) is 1.54. The van der Waals surface area contributed by atoms with Crippen molar-refractivity contribution in [2.45, 2.75) is 19.3 Å². The first-order chi connectivity index (χ1) is 8.74. The Kier molecular flexibility index (Phi) is 3.73. The molecule has 1 aromatic rings. The maximum atomic E-state index is 11.9. The van der Waals surface area contributed by atoms with Gasteiger partial charge in [-0.3, -0.25) is 4.79 Å². The van der Waals surface area contributed by atoms with E-state index in [1.165, 1.54) is 0 Å². The second kappa shape index (κ2) is 5.46. The number of Topliss-reactive ketones (excluding diaryl/α,β-unsaturated/α-hetero) is 1. The van der Waals surface area contributed by atoms with Crippen LogP contribution < -0.4 is 4.74 Å². The van der Waals surface area contributed by atoms with Crippen LogP contribution in [0.1, 0.15) is 24.8 Å². The van der Waals surface area contributed by atoms with Crippen molar-refractivity contribution >= 4 is 11.9 Å². The normalized spacial score (nSPS) is 15.7. The maximum Gasteiger partial charge on any atom is 0.212 e. The second-order valence-corrected chi connectivity index (χ2v) is 4.30. The number of pyridine rings is 1. The third-order valence-electron chi connectivity index (χ3n) is 3.14. The molecule has 1 fully saturated rings. The molecule has 1 aromatic heterocycles. The minimum Gasteiger partial charge on any atom is -0.481 e. The zero-order valence-electron chi connectivity index (χ0n) is 10.2. The van der Waals surface area contributed by atoms with Crippen LogP contribution in [0, 0.1) is 17.2 Å². The van der Waals surface area contributed by atoms with Gasteiger partial charge in [-0.05, 0) is 30.5 Å². The first-order valence-corrected chi connectivity index (χ1v) is 5.90. The summed E-state index contributed by atoms with van der Waals surface area (Å²) in [5.41, 5.74) is 0.951. The van der Waals surface area contributed by atoms with Gasteiger partial charge in [0.1, 0.15) is 6.07 Å². The highest BCUT2D eigenvalue weighted by Crippen LogP contribution is 2.29. The number of methoxy groups -OCH3 is 1. The third-order valence-corrected chi connectivity index (χ3v) is 3.14. The van der Waals surface area contributed by atoms with Crippen LogP contribution in [-0.2, 0) is 4.79 Å². The lowest BCUT2D eigenvalue weighted by atomic mass is 9.80. The molecule has 0 amide bonds. The maximum absolute atomic E-state index is 11.9. The Morgan fingerprint density at radius 2 is 2.33 bits per heavy atom. The molecule has 1 saturated carbocycles. The van der Waals surface area contributed by atoms with Gasteiger partial charge >= 0.3 is 0 Å². The van der Waals surface area contributed by atoms with E-state index in [4.69, 9.17) is 10.00 Å². The van der Waals surface area contributed by atoms with Gasteiger partial charge in [-0.25, -0.2) is 4.98 Å². The molecule has 0 atom stereocenters. The zero-order valence-corrected chi connectivity index (χ0v) is 10.2. The van der Waals surface area contributed by atoms with E-state index >= 15 is 0 Å². The van der Waals surface area contributed by atoms with E-state index in [0.29, 0.717) is 5.88 Å². The molecule has 92 valence electrons. The summed E-state index contributed by atoms with van der Waals surface area (Å²) in [4.78, 5) is 16.0. The molecule has 1 aliphatic rings. The first kappa shape index (κ1) is 12.3. The number of ether oxygens (including phenoxy) is 1. The van der Waals surface area contributed by atoms with Crippen molar-refractivity contribution in [3.63, 3.8) is 0 Å². The summed E-state index contributed by atoms with van der Waals surface area (Å²) >= 11 is 0. The molecule has 4 heteroatoms. The Labute approximate surface area is 106 Å².